The van der Waals surface area contributed by atoms with Crippen molar-refractivity contribution in [3.8, 4) is 0 Å². The number of hydrogen-bond acceptors (Lipinski definition) is 7. The number of amides is 1. The molecule has 0 radical (unpaired) electrons. The Balaban J connectivity index is 2.07. The third-order valence-corrected chi connectivity index (χ3v) is 3.96. The Labute approximate surface area is 145 Å². The summed E-state index contributed by atoms with van der Waals surface area (Å²) in [5.74, 6) is 0.398. The van der Waals surface area contributed by atoms with E-state index in [-0.39, 0.29) is 5.69 Å². The molecule has 1 aromatic rings. The number of aromatic nitrogens is 2. The molecule has 140 valence electrons. The fraction of sp³-hybridized carbons (Fsp3) is 0.733. The van der Waals surface area contributed by atoms with Crippen molar-refractivity contribution in [1.29, 1.82) is 0 Å². The monoisotopic (exact) mass is 355 g/mol. The van der Waals surface area contributed by atoms with Gasteiger partial charge in [-0.2, -0.15) is 5.10 Å². The number of ether oxygens (including phenoxy) is 1. The third-order valence-electron chi connectivity index (χ3n) is 3.96. The van der Waals surface area contributed by atoms with Gasteiger partial charge in [-0.3, -0.25) is 10.1 Å². The second-order valence-electron chi connectivity index (χ2n) is 7.12. The molecule has 0 saturated carbocycles. The van der Waals surface area contributed by atoms with Crippen LogP contribution in [-0.2, 0) is 11.8 Å². The van der Waals surface area contributed by atoms with Crippen LogP contribution in [0.3, 0.4) is 0 Å². The molecule has 0 bridgehead atoms. The van der Waals surface area contributed by atoms with Gasteiger partial charge in [0.05, 0.1) is 17.1 Å². The minimum Gasteiger partial charge on any atom is -0.444 e. The summed E-state index contributed by atoms with van der Waals surface area (Å²) >= 11 is 0. The zero-order valence-corrected chi connectivity index (χ0v) is 14.9. The number of alkyl carbamates (subject to hydrolysis) is 1. The van der Waals surface area contributed by atoms with Crippen molar-refractivity contribution in [2.75, 3.05) is 18.0 Å². The number of hydrogen-bond donors (Lipinski definition) is 2. The molecule has 25 heavy (non-hydrogen) atoms. The van der Waals surface area contributed by atoms with E-state index in [1.165, 1.54) is 10.9 Å². The number of nitrogens with one attached hydrogen (secondary N) is 1. The van der Waals surface area contributed by atoms with Gasteiger partial charge in [0, 0.05) is 20.1 Å². The lowest BCUT2D eigenvalue weighted by Crippen LogP contribution is -2.45. The quantitative estimate of drug-likeness (QED) is 0.616. The Hall–Kier alpha value is -2.36. The predicted octanol–water partition coefficient (Wildman–Crippen LogP) is 1.18. The summed E-state index contributed by atoms with van der Waals surface area (Å²) in [5, 5.41) is 28.1. The van der Waals surface area contributed by atoms with Gasteiger partial charge in [0.15, 0.2) is 0 Å². The first-order valence-electron chi connectivity index (χ1n) is 8.17. The highest BCUT2D eigenvalue weighted by atomic mass is 16.6. The van der Waals surface area contributed by atoms with Crippen molar-refractivity contribution in [1.82, 2.24) is 15.1 Å². The number of nitro groups is 1. The second-order valence-corrected chi connectivity index (χ2v) is 7.12. The van der Waals surface area contributed by atoms with Crippen LogP contribution < -0.4 is 10.2 Å². The summed E-state index contributed by atoms with van der Waals surface area (Å²) in [4.78, 5) is 24.4. The molecule has 2 heterocycles. The summed E-state index contributed by atoms with van der Waals surface area (Å²) in [6.07, 6.45) is 0.667. The molecule has 1 aromatic heterocycles. The molecule has 0 spiro atoms. The van der Waals surface area contributed by atoms with Crippen molar-refractivity contribution in [3.63, 3.8) is 0 Å². The van der Waals surface area contributed by atoms with E-state index in [1.54, 1.807) is 27.8 Å². The van der Waals surface area contributed by atoms with Crippen LogP contribution in [0.25, 0.3) is 0 Å². The normalized spacial score (nSPS) is 21.6. The fourth-order valence-electron chi connectivity index (χ4n) is 2.84. The van der Waals surface area contributed by atoms with E-state index in [9.17, 15) is 20.0 Å². The van der Waals surface area contributed by atoms with E-state index in [0.717, 1.165) is 0 Å². The van der Waals surface area contributed by atoms with Gasteiger partial charge in [0.2, 0.25) is 5.82 Å². The maximum absolute atomic E-state index is 11.9. The molecule has 1 amide bonds. The van der Waals surface area contributed by atoms with E-state index >= 15 is 0 Å². The van der Waals surface area contributed by atoms with Crippen LogP contribution in [0, 0.1) is 10.1 Å². The number of carbonyl (C=O) groups is 1. The zero-order chi connectivity index (χ0) is 18.8. The second kappa shape index (κ2) is 7.26. The van der Waals surface area contributed by atoms with Crippen LogP contribution in [0.5, 0.6) is 0 Å². The summed E-state index contributed by atoms with van der Waals surface area (Å²) in [7, 11) is 1.64. The van der Waals surface area contributed by atoms with Crippen LogP contribution in [0.2, 0.25) is 0 Å². The lowest BCUT2D eigenvalue weighted by molar-refractivity contribution is -0.384. The first kappa shape index (κ1) is 19.0. The molecule has 0 aliphatic carbocycles. The Morgan fingerprint density at radius 3 is 2.68 bits per heavy atom. The minimum atomic E-state index is -0.759. The molecule has 0 unspecified atom stereocenters. The number of aliphatic hydroxyl groups excluding tert-OH is 1. The Bertz CT molecular complexity index is 639. The van der Waals surface area contributed by atoms with Crippen LogP contribution in [-0.4, -0.2) is 56.7 Å². The summed E-state index contributed by atoms with van der Waals surface area (Å²) in [6, 6.07) is -0.480. The third kappa shape index (κ3) is 4.81. The maximum atomic E-state index is 11.9. The Morgan fingerprint density at radius 1 is 1.44 bits per heavy atom. The Morgan fingerprint density at radius 2 is 2.08 bits per heavy atom. The van der Waals surface area contributed by atoms with Gasteiger partial charge in [-0.1, -0.05) is 0 Å². The van der Waals surface area contributed by atoms with Crippen LogP contribution >= 0.6 is 0 Å². The topological polar surface area (TPSA) is 123 Å². The van der Waals surface area contributed by atoms with Crippen LogP contribution in [0.4, 0.5) is 16.3 Å². The summed E-state index contributed by atoms with van der Waals surface area (Å²) in [6.45, 7) is 6.16. The summed E-state index contributed by atoms with van der Waals surface area (Å²) < 4.78 is 6.67. The van der Waals surface area contributed by atoms with Crippen molar-refractivity contribution < 1.29 is 19.6 Å². The van der Waals surface area contributed by atoms with Crippen molar-refractivity contribution in [2.45, 2.75) is 51.4 Å². The average molecular weight is 355 g/mol. The molecule has 0 aromatic carbocycles. The number of anilines is 1. The molecular formula is C15H25N5O5. The maximum Gasteiger partial charge on any atom is 0.407 e. The Kier molecular flexibility index (Phi) is 5.51. The fourth-order valence-corrected chi connectivity index (χ4v) is 2.84. The number of aryl methyl sites for hydroxylation is 1. The van der Waals surface area contributed by atoms with Gasteiger partial charge >= 0.3 is 11.8 Å². The highest BCUT2D eigenvalue weighted by Crippen LogP contribution is 2.29. The highest BCUT2D eigenvalue weighted by molar-refractivity contribution is 5.68. The molecule has 1 aliphatic heterocycles. The molecule has 1 aliphatic rings. The predicted molar refractivity (Wildman–Crippen MR) is 90.5 cm³/mol. The molecule has 1 fully saturated rings. The van der Waals surface area contributed by atoms with Gasteiger partial charge < -0.3 is 20.1 Å². The zero-order valence-electron chi connectivity index (χ0n) is 14.9. The van der Waals surface area contributed by atoms with Crippen molar-refractivity contribution >= 4 is 17.6 Å². The number of carbonyl (C=O) groups excluding carboxylic acids is 1. The lowest BCUT2D eigenvalue weighted by Gasteiger charge is -2.25. The van der Waals surface area contributed by atoms with Gasteiger partial charge in [-0.05, 0) is 33.6 Å². The number of nitrogens with zero attached hydrogens (tertiary/aromatic N) is 4. The molecular weight excluding hydrogens is 330 g/mol. The molecule has 2 atom stereocenters. The lowest BCUT2D eigenvalue weighted by atomic mass is 10.1. The molecule has 2 N–H and O–H groups in total. The summed E-state index contributed by atoms with van der Waals surface area (Å²) in [5.41, 5.74) is -0.697. The molecule has 1 saturated heterocycles. The van der Waals surface area contributed by atoms with Gasteiger partial charge in [-0.15, -0.1) is 0 Å². The standard InChI is InChI=1S/C15H25N5O5/c1-15(2,3)25-14(22)17-10-5-7-19(8-6-12(10)21)13-11(20(23)24)9-16-18(13)4/h9-10,12,21H,5-8H2,1-4H3,(H,17,22)/t10-,12-/m1/s1. The van der Waals surface area contributed by atoms with Gasteiger partial charge in [0.1, 0.15) is 11.8 Å². The molecule has 10 nitrogen and oxygen atoms in total. The van der Waals surface area contributed by atoms with Crippen molar-refractivity contribution in [3.05, 3.63) is 16.3 Å². The smallest absolute Gasteiger partial charge is 0.407 e. The minimum absolute atomic E-state index is 0.0736. The van der Waals surface area contributed by atoms with E-state index in [1.807, 2.05) is 4.90 Å². The first-order chi connectivity index (χ1) is 11.6. The van der Waals surface area contributed by atoms with E-state index in [0.29, 0.717) is 31.7 Å². The highest BCUT2D eigenvalue weighted by Gasteiger charge is 2.31. The molecule has 2 rings (SSSR count). The SMILES string of the molecule is Cn1ncc([N+](=O)[O-])c1N1CC[C@@H](O)[C@H](NC(=O)OC(C)(C)C)CC1. The number of rotatable bonds is 3. The van der Waals surface area contributed by atoms with Crippen LogP contribution in [0.1, 0.15) is 33.6 Å². The largest absolute Gasteiger partial charge is 0.444 e. The van der Waals surface area contributed by atoms with E-state index in [4.69, 9.17) is 4.74 Å². The first-order valence-corrected chi connectivity index (χ1v) is 8.17. The van der Waals surface area contributed by atoms with Gasteiger partial charge in [0.25, 0.3) is 0 Å². The van der Waals surface area contributed by atoms with E-state index < -0.39 is 28.8 Å². The number of aliphatic hydroxyl groups is 1. The van der Waals surface area contributed by atoms with Gasteiger partial charge in [-0.25, -0.2) is 9.48 Å². The van der Waals surface area contributed by atoms with Crippen LogP contribution in [0.15, 0.2) is 6.20 Å². The molecule has 10 heteroatoms. The van der Waals surface area contributed by atoms with E-state index in [2.05, 4.69) is 10.4 Å². The van der Waals surface area contributed by atoms with Crippen molar-refractivity contribution in [2.24, 2.45) is 7.05 Å². The average Bonchev–Trinajstić information content (AvgIpc) is 2.77.